The zero-order valence-electron chi connectivity index (χ0n) is 12.0. The van der Waals surface area contributed by atoms with E-state index in [0.29, 0.717) is 17.6 Å². The van der Waals surface area contributed by atoms with Gasteiger partial charge in [0, 0.05) is 29.4 Å². The van der Waals surface area contributed by atoms with Crippen LogP contribution in [0.3, 0.4) is 0 Å². The molecule has 0 fully saturated rings. The van der Waals surface area contributed by atoms with Gasteiger partial charge in [0.15, 0.2) is 0 Å². The summed E-state index contributed by atoms with van der Waals surface area (Å²) in [4.78, 5) is 0. The molecule has 1 aromatic heterocycles. The molecule has 0 spiro atoms. The third kappa shape index (κ3) is 3.81. The molecule has 0 aliphatic carbocycles. The molecule has 0 radical (unpaired) electrons. The Morgan fingerprint density at radius 3 is 2.80 bits per heavy atom. The van der Waals surface area contributed by atoms with E-state index >= 15 is 0 Å². The smallest absolute Gasteiger partial charge is 0.123 e. The van der Waals surface area contributed by atoms with E-state index in [1.54, 1.807) is 10.7 Å². The number of aryl methyl sites for hydroxylation is 1. The van der Waals surface area contributed by atoms with Crippen molar-refractivity contribution in [3.05, 3.63) is 52.1 Å². The van der Waals surface area contributed by atoms with E-state index in [0.717, 1.165) is 23.4 Å². The van der Waals surface area contributed by atoms with Gasteiger partial charge in [0.05, 0.1) is 12.2 Å². The standard InChI is InChI=1S/C15H19ClFN3/c1-10(2)18-7-13-9-20(19-11(13)3)8-12-6-14(17)4-5-15(12)16/h4-6,9-10,18H,7-8H2,1-3H3. The van der Waals surface area contributed by atoms with E-state index < -0.39 is 0 Å². The van der Waals surface area contributed by atoms with Gasteiger partial charge in [0.2, 0.25) is 0 Å². The minimum absolute atomic E-state index is 0.282. The van der Waals surface area contributed by atoms with Crippen molar-refractivity contribution in [3.8, 4) is 0 Å². The highest BCUT2D eigenvalue weighted by molar-refractivity contribution is 6.31. The van der Waals surface area contributed by atoms with E-state index in [-0.39, 0.29) is 5.82 Å². The second kappa shape index (κ2) is 6.37. The summed E-state index contributed by atoms with van der Waals surface area (Å²) >= 11 is 6.08. The summed E-state index contributed by atoms with van der Waals surface area (Å²) in [5.41, 5.74) is 2.86. The largest absolute Gasteiger partial charge is 0.310 e. The quantitative estimate of drug-likeness (QED) is 0.914. The Hall–Kier alpha value is -1.39. The lowest BCUT2D eigenvalue weighted by molar-refractivity contribution is 0.587. The third-order valence-electron chi connectivity index (χ3n) is 3.09. The van der Waals surface area contributed by atoms with Crippen LogP contribution in [0.2, 0.25) is 5.02 Å². The van der Waals surface area contributed by atoms with Crippen molar-refractivity contribution < 1.29 is 4.39 Å². The van der Waals surface area contributed by atoms with Crippen molar-refractivity contribution >= 4 is 11.6 Å². The van der Waals surface area contributed by atoms with Crippen molar-refractivity contribution in [2.24, 2.45) is 0 Å². The highest BCUT2D eigenvalue weighted by atomic mass is 35.5. The molecular formula is C15H19ClFN3. The Bertz CT molecular complexity index is 593. The highest BCUT2D eigenvalue weighted by Gasteiger charge is 2.08. The van der Waals surface area contributed by atoms with Gasteiger partial charge < -0.3 is 5.32 Å². The van der Waals surface area contributed by atoms with Crippen molar-refractivity contribution in [1.82, 2.24) is 15.1 Å². The van der Waals surface area contributed by atoms with Crippen molar-refractivity contribution in [3.63, 3.8) is 0 Å². The molecule has 1 aromatic carbocycles. The van der Waals surface area contributed by atoms with Crippen LogP contribution in [-0.4, -0.2) is 15.8 Å². The maximum atomic E-state index is 13.2. The van der Waals surface area contributed by atoms with Crippen LogP contribution in [0.1, 0.15) is 30.7 Å². The van der Waals surface area contributed by atoms with Gasteiger partial charge in [-0.3, -0.25) is 4.68 Å². The average Bonchev–Trinajstić information content (AvgIpc) is 2.72. The number of halogens is 2. The van der Waals surface area contributed by atoms with Crippen molar-refractivity contribution in [1.29, 1.82) is 0 Å². The Morgan fingerprint density at radius 1 is 1.35 bits per heavy atom. The van der Waals surface area contributed by atoms with Crippen molar-refractivity contribution in [2.75, 3.05) is 0 Å². The molecule has 0 amide bonds. The summed E-state index contributed by atoms with van der Waals surface area (Å²) in [7, 11) is 0. The van der Waals surface area contributed by atoms with E-state index in [9.17, 15) is 4.39 Å². The summed E-state index contributed by atoms with van der Waals surface area (Å²) < 4.78 is 15.0. The lowest BCUT2D eigenvalue weighted by Gasteiger charge is -2.06. The van der Waals surface area contributed by atoms with Gasteiger partial charge in [-0.2, -0.15) is 5.10 Å². The Labute approximate surface area is 123 Å². The minimum atomic E-state index is -0.282. The fourth-order valence-corrected chi connectivity index (χ4v) is 2.14. The molecular weight excluding hydrogens is 277 g/mol. The fourth-order valence-electron chi connectivity index (χ4n) is 1.97. The van der Waals surface area contributed by atoms with Crippen LogP contribution < -0.4 is 5.32 Å². The number of benzene rings is 1. The lowest BCUT2D eigenvalue weighted by atomic mass is 10.2. The zero-order chi connectivity index (χ0) is 14.7. The molecule has 0 aliphatic heterocycles. The normalized spacial score (nSPS) is 11.3. The Morgan fingerprint density at radius 2 is 2.10 bits per heavy atom. The molecule has 1 N–H and O–H groups in total. The fraction of sp³-hybridized carbons (Fsp3) is 0.400. The van der Waals surface area contributed by atoms with Gasteiger partial charge in [0.1, 0.15) is 5.82 Å². The van der Waals surface area contributed by atoms with Gasteiger partial charge in [-0.05, 0) is 30.7 Å². The summed E-state index contributed by atoms with van der Waals surface area (Å²) in [5, 5.41) is 8.37. The number of nitrogens with one attached hydrogen (secondary N) is 1. The highest BCUT2D eigenvalue weighted by Crippen LogP contribution is 2.18. The van der Waals surface area contributed by atoms with Crippen LogP contribution >= 0.6 is 11.6 Å². The van der Waals surface area contributed by atoms with Gasteiger partial charge in [-0.25, -0.2) is 4.39 Å². The molecule has 0 atom stereocenters. The molecule has 0 saturated carbocycles. The number of rotatable bonds is 5. The van der Waals surface area contributed by atoms with E-state index in [1.807, 2.05) is 13.1 Å². The first-order chi connectivity index (χ1) is 9.45. The molecule has 5 heteroatoms. The zero-order valence-corrected chi connectivity index (χ0v) is 12.7. The topological polar surface area (TPSA) is 29.9 Å². The minimum Gasteiger partial charge on any atom is -0.310 e. The van der Waals surface area contributed by atoms with Gasteiger partial charge in [-0.15, -0.1) is 0 Å². The summed E-state index contributed by atoms with van der Waals surface area (Å²) in [6.07, 6.45) is 1.98. The molecule has 108 valence electrons. The maximum absolute atomic E-state index is 13.2. The molecule has 3 nitrogen and oxygen atoms in total. The van der Waals surface area contributed by atoms with Crippen LogP contribution in [0.25, 0.3) is 0 Å². The Balaban J connectivity index is 2.14. The first-order valence-electron chi connectivity index (χ1n) is 6.66. The molecule has 1 heterocycles. The average molecular weight is 296 g/mol. The van der Waals surface area contributed by atoms with Gasteiger partial charge >= 0.3 is 0 Å². The summed E-state index contributed by atoms with van der Waals surface area (Å²) in [6.45, 7) is 7.43. The number of aromatic nitrogens is 2. The molecule has 0 aliphatic rings. The van der Waals surface area contributed by atoms with Crippen LogP contribution in [0.15, 0.2) is 24.4 Å². The third-order valence-corrected chi connectivity index (χ3v) is 3.46. The lowest BCUT2D eigenvalue weighted by Crippen LogP contribution is -2.21. The molecule has 0 unspecified atom stereocenters. The maximum Gasteiger partial charge on any atom is 0.123 e. The molecule has 0 bridgehead atoms. The number of hydrogen-bond donors (Lipinski definition) is 1. The summed E-state index contributed by atoms with van der Waals surface area (Å²) in [5.74, 6) is -0.282. The van der Waals surface area contributed by atoms with E-state index in [4.69, 9.17) is 11.6 Å². The van der Waals surface area contributed by atoms with Gasteiger partial charge in [-0.1, -0.05) is 25.4 Å². The van der Waals surface area contributed by atoms with Crippen LogP contribution in [0.5, 0.6) is 0 Å². The molecule has 0 saturated heterocycles. The number of nitrogens with zero attached hydrogens (tertiary/aromatic N) is 2. The van der Waals surface area contributed by atoms with E-state index in [2.05, 4.69) is 24.3 Å². The van der Waals surface area contributed by atoms with Gasteiger partial charge in [0.25, 0.3) is 0 Å². The van der Waals surface area contributed by atoms with Crippen molar-refractivity contribution in [2.45, 2.75) is 39.9 Å². The van der Waals surface area contributed by atoms with Crippen LogP contribution in [0, 0.1) is 12.7 Å². The van der Waals surface area contributed by atoms with E-state index in [1.165, 1.54) is 12.1 Å². The predicted octanol–water partition coefficient (Wildman–Crippen LogP) is 3.53. The molecule has 20 heavy (non-hydrogen) atoms. The number of hydrogen-bond acceptors (Lipinski definition) is 2. The Kier molecular flexibility index (Phi) is 4.78. The SMILES string of the molecule is Cc1nn(Cc2cc(F)ccc2Cl)cc1CNC(C)C. The molecule has 2 rings (SSSR count). The first kappa shape index (κ1) is 15.0. The predicted molar refractivity (Wildman–Crippen MR) is 79.5 cm³/mol. The summed E-state index contributed by atoms with van der Waals surface area (Å²) in [6, 6.07) is 4.81. The molecule has 2 aromatic rings. The second-order valence-corrected chi connectivity index (χ2v) is 5.62. The van der Waals surface area contributed by atoms with Crippen LogP contribution in [0.4, 0.5) is 4.39 Å². The monoisotopic (exact) mass is 295 g/mol. The first-order valence-corrected chi connectivity index (χ1v) is 7.03. The van der Waals surface area contributed by atoms with Crippen LogP contribution in [-0.2, 0) is 13.1 Å². The second-order valence-electron chi connectivity index (χ2n) is 5.21.